The van der Waals surface area contributed by atoms with E-state index in [0.717, 1.165) is 49.8 Å². The summed E-state index contributed by atoms with van der Waals surface area (Å²) in [6.07, 6.45) is 8.34. The van der Waals surface area contributed by atoms with Crippen molar-refractivity contribution in [2.45, 2.75) is 44.6 Å². The Balaban J connectivity index is 2.25. The molecule has 0 bridgehead atoms. The summed E-state index contributed by atoms with van der Waals surface area (Å²) in [6, 6.07) is 1.42. The molecule has 0 radical (unpaired) electrons. The lowest BCUT2D eigenvalue weighted by Crippen LogP contribution is -2.15. The van der Waals surface area contributed by atoms with Gasteiger partial charge in [0.2, 0.25) is 0 Å². The van der Waals surface area contributed by atoms with E-state index in [2.05, 4.69) is 6.08 Å². The van der Waals surface area contributed by atoms with E-state index in [4.69, 9.17) is 5.73 Å². The Kier molecular flexibility index (Phi) is 4.64. The first kappa shape index (κ1) is 14.1. The summed E-state index contributed by atoms with van der Waals surface area (Å²) in [5.41, 5.74) is 7.34. The van der Waals surface area contributed by atoms with Crippen molar-refractivity contribution in [3.8, 4) is 0 Å². The molecule has 0 fully saturated rings. The predicted molar refractivity (Wildman–Crippen MR) is 69.0 cm³/mol. The quantitative estimate of drug-likeness (QED) is 0.625. The topological polar surface area (TPSA) is 26.0 Å². The highest BCUT2D eigenvalue weighted by Crippen LogP contribution is 2.28. The molecule has 1 atom stereocenters. The molecule has 1 nitrogen and oxygen atoms in total. The maximum absolute atomic E-state index is 13.2. The molecule has 2 N–H and O–H groups in total. The fraction of sp³-hybridized carbons (Fsp3) is 0.467. The Labute approximate surface area is 111 Å². The van der Waals surface area contributed by atoms with Crippen molar-refractivity contribution in [1.82, 2.24) is 0 Å². The van der Waals surface area contributed by atoms with E-state index in [1.165, 1.54) is 6.42 Å². The first-order valence-electron chi connectivity index (χ1n) is 6.68. The maximum atomic E-state index is 13.2. The fourth-order valence-corrected chi connectivity index (χ4v) is 2.47. The van der Waals surface area contributed by atoms with E-state index in [0.29, 0.717) is 5.56 Å². The smallest absolute Gasteiger partial charge is 0.194 e. The Morgan fingerprint density at radius 2 is 1.58 bits per heavy atom. The molecule has 0 amide bonds. The summed E-state index contributed by atoms with van der Waals surface area (Å²) >= 11 is 0. The van der Waals surface area contributed by atoms with Crippen LogP contribution >= 0.6 is 0 Å². The zero-order chi connectivity index (χ0) is 13.8. The lowest BCUT2D eigenvalue weighted by atomic mass is 9.91. The third kappa shape index (κ3) is 3.38. The Morgan fingerprint density at radius 1 is 0.947 bits per heavy atom. The Morgan fingerprint density at radius 3 is 2.26 bits per heavy atom. The highest BCUT2D eigenvalue weighted by molar-refractivity contribution is 5.29. The molecule has 0 aromatic heterocycles. The van der Waals surface area contributed by atoms with Crippen LogP contribution in [0.3, 0.4) is 0 Å². The number of allylic oxidation sites excluding steroid dienone is 1. The van der Waals surface area contributed by atoms with Crippen molar-refractivity contribution >= 4 is 0 Å². The number of benzene rings is 1. The molecule has 0 spiro atoms. The van der Waals surface area contributed by atoms with E-state index in [1.807, 2.05) is 0 Å². The van der Waals surface area contributed by atoms with Gasteiger partial charge in [-0.05, 0) is 43.4 Å². The minimum absolute atomic E-state index is 0.295. The highest BCUT2D eigenvalue weighted by Gasteiger charge is 2.17. The van der Waals surface area contributed by atoms with Crippen molar-refractivity contribution in [2.24, 2.45) is 5.73 Å². The van der Waals surface area contributed by atoms with Gasteiger partial charge in [-0.15, -0.1) is 0 Å². The molecule has 19 heavy (non-hydrogen) atoms. The molecule has 1 aliphatic carbocycles. The van der Waals surface area contributed by atoms with Crippen molar-refractivity contribution in [2.75, 3.05) is 0 Å². The molecule has 1 aliphatic rings. The first-order valence-corrected chi connectivity index (χ1v) is 6.68. The average molecular weight is 269 g/mol. The van der Waals surface area contributed by atoms with Gasteiger partial charge in [0.1, 0.15) is 0 Å². The van der Waals surface area contributed by atoms with E-state index >= 15 is 0 Å². The predicted octanol–water partition coefficient (Wildman–Crippen LogP) is 4.38. The molecule has 2 rings (SSSR count). The summed E-state index contributed by atoms with van der Waals surface area (Å²) in [5.74, 6) is -3.81. The van der Waals surface area contributed by atoms with Crippen molar-refractivity contribution in [1.29, 1.82) is 0 Å². The van der Waals surface area contributed by atoms with Crippen molar-refractivity contribution in [3.63, 3.8) is 0 Å². The van der Waals surface area contributed by atoms with E-state index in [9.17, 15) is 13.2 Å². The molecular weight excluding hydrogens is 251 g/mol. The van der Waals surface area contributed by atoms with Crippen LogP contribution in [-0.2, 0) is 0 Å². The lowest BCUT2D eigenvalue weighted by molar-refractivity contribution is 0.444. The molecule has 0 saturated heterocycles. The number of halogens is 3. The number of hydrogen-bond acceptors (Lipinski definition) is 1. The van der Waals surface area contributed by atoms with Crippen LogP contribution in [0.5, 0.6) is 0 Å². The average Bonchev–Trinajstić information content (AvgIpc) is 2.34. The van der Waals surface area contributed by atoms with Crippen LogP contribution in [-0.4, -0.2) is 0 Å². The van der Waals surface area contributed by atoms with Gasteiger partial charge in [0.25, 0.3) is 0 Å². The SMILES string of the molecule is NC(/C1=C/CCCCCC1)c1cc(F)c(F)c(F)c1. The van der Waals surface area contributed by atoms with Gasteiger partial charge in [0.05, 0.1) is 6.04 Å². The van der Waals surface area contributed by atoms with Crippen molar-refractivity contribution in [3.05, 3.63) is 46.8 Å². The van der Waals surface area contributed by atoms with Gasteiger partial charge < -0.3 is 5.73 Å². The molecule has 0 saturated carbocycles. The first-order chi connectivity index (χ1) is 9.09. The largest absolute Gasteiger partial charge is 0.321 e. The summed E-state index contributed by atoms with van der Waals surface area (Å²) in [6.45, 7) is 0. The Hall–Kier alpha value is -1.29. The van der Waals surface area contributed by atoms with Crippen LogP contribution < -0.4 is 5.73 Å². The van der Waals surface area contributed by atoms with Crippen LogP contribution in [0.4, 0.5) is 13.2 Å². The van der Waals surface area contributed by atoms with Crippen LogP contribution in [0, 0.1) is 17.5 Å². The summed E-state index contributed by atoms with van der Waals surface area (Å²) < 4.78 is 39.4. The highest BCUT2D eigenvalue weighted by atomic mass is 19.2. The summed E-state index contributed by atoms with van der Waals surface area (Å²) in [5, 5.41) is 0. The number of hydrogen-bond donors (Lipinski definition) is 1. The van der Waals surface area contributed by atoms with Crippen LogP contribution in [0.15, 0.2) is 23.8 Å². The lowest BCUT2D eigenvalue weighted by Gasteiger charge is -2.19. The van der Waals surface area contributed by atoms with E-state index in [-0.39, 0.29) is 0 Å². The monoisotopic (exact) mass is 269 g/mol. The van der Waals surface area contributed by atoms with Gasteiger partial charge in [0, 0.05) is 0 Å². The fourth-order valence-electron chi connectivity index (χ4n) is 2.47. The van der Waals surface area contributed by atoms with Crippen molar-refractivity contribution < 1.29 is 13.2 Å². The van der Waals surface area contributed by atoms with Gasteiger partial charge in [-0.3, -0.25) is 0 Å². The third-order valence-electron chi connectivity index (χ3n) is 3.59. The number of rotatable bonds is 2. The van der Waals surface area contributed by atoms with Gasteiger partial charge >= 0.3 is 0 Å². The van der Waals surface area contributed by atoms with Gasteiger partial charge in [-0.2, -0.15) is 0 Å². The van der Waals surface area contributed by atoms with Gasteiger partial charge in [0.15, 0.2) is 17.5 Å². The molecule has 1 aromatic rings. The molecule has 1 unspecified atom stereocenters. The molecule has 0 heterocycles. The van der Waals surface area contributed by atoms with Crippen LogP contribution in [0.25, 0.3) is 0 Å². The number of nitrogens with two attached hydrogens (primary N) is 1. The summed E-state index contributed by atoms with van der Waals surface area (Å²) in [7, 11) is 0. The zero-order valence-corrected chi connectivity index (χ0v) is 10.8. The van der Waals surface area contributed by atoms with Crippen LogP contribution in [0.2, 0.25) is 0 Å². The van der Waals surface area contributed by atoms with E-state index < -0.39 is 23.5 Å². The second kappa shape index (κ2) is 6.24. The zero-order valence-electron chi connectivity index (χ0n) is 10.8. The molecule has 0 aliphatic heterocycles. The maximum Gasteiger partial charge on any atom is 0.194 e. The second-order valence-corrected chi connectivity index (χ2v) is 5.01. The minimum atomic E-state index is -1.44. The van der Waals surface area contributed by atoms with Gasteiger partial charge in [-0.25, -0.2) is 13.2 Å². The standard InChI is InChI=1S/C15H18F3N/c16-12-8-11(9-13(17)14(12)18)15(19)10-6-4-2-1-3-5-7-10/h6,8-9,15H,1-5,7,19H2/b10-6+. The van der Waals surface area contributed by atoms with Crippen LogP contribution in [0.1, 0.15) is 50.1 Å². The van der Waals surface area contributed by atoms with E-state index in [1.54, 1.807) is 0 Å². The second-order valence-electron chi connectivity index (χ2n) is 5.01. The Bertz CT molecular complexity index is 459. The molecular formula is C15H18F3N. The normalized spacial score (nSPS) is 21.2. The van der Waals surface area contributed by atoms with Gasteiger partial charge in [-0.1, -0.05) is 24.5 Å². The minimum Gasteiger partial charge on any atom is -0.321 e. The summed E-state index contributed by atoms with van der Waals surface area (Å²) in [4.78, 5) is 0. The third-order valence-corrected chi connectivity index (χ3v) is 3.59. The molecule has 1 aromatic carbocycles. The molecule has 4 heteroatoms. The molecule has 104 valence electrons.